The van der Waals surface area contributed by atoms with E-state index in [9.17, 15) is 4.79 Å². The van der Waals surface area contributed by atoms with Crippen LogP contribution in [0.15, 0.2) is 29.2 Å². The standard InChI is InChI=1S/C13H19NO2S/c1-3-16-13(15)9-12(14)10-5-7-11(8-6-10)17-4-2/h5-8,12H,3-4,9,14H2,1-2H3/t12-/m0/s1. The molecule has 2 N–H and O–H groups in total. The summed E-state index contributed by atoms with van der Waals surface area (Å²) < 4.78 is 4.87. The van der Waals surface area contributed by atoms with Crippen molar-refractivity contribution in [1.29, 1.82) is 0 Å². The number of rotatable bonds is 6. The fraction of sp³-hybridized carbons (Fsp3) is 0.462. The summed E-state index contributed by atoms with van der Waals surface area (Å²) in [6.45, 7) is 4.31. The lowest BCUT2D eigenvalue weighted by Crippen LogP contribution is -2.17. The fourth-order valence-electron chi connectivity index (χ4n) is 1.50. The van der Waals surface area contributed by atoms with Crippen molar-refractivity contribution in [3.63, 3.8) is 0 Å². The van der Waals surface area contributed by atoms with E-state index < -0.39 is 0 Å². The van der Waals surface area contributed by atoms with E-state index in [2.05, 4.69) is 6.92 Å². The predicted octanol–water partition coefficient (Wildman–Crippen LogP) is 2.75. The van der Waals surface area contributed by atoms with E-state index in [4.69, 9.17) is 10.5 Å². The van der Waals surface area contributed by atoms with Crippen LogP contribution in [0.25, 0.3) is 0 Å². The second-order valence-electron chi connectivity index (χ2n) is 3.62. The second-order valence-corrected chi connectivity index (χ2v) is 4.96. The van der Waals surface area contributed by atoms with Gasteiger partial charge in [0.25, 0.3) is 0 Å². The third-order valence-corrected chi connectivity index (χ3v) is 3.21. The van der Waals surface area contributed by atoms with Crippen LogP contribution in [0.1, 0.15) is 31.9 Å². The Bertz CT molecular complexity index is 351. The zero-order valence-corrected chi connectivity index (χ0v) is 11.1. The molecule has 0 bridgehead atoms. The van der Waals surface area contributed by atoms with Gasteiger partial charge in [-0.25, -0.2) is 0 Å². The van der Waals surface area contributed by atoms with Crippen molar-refractivity contribution in [2.75, 3.05) is 12.4 Å². The molecule has 0 radical (unpaired) electrons. The Morgan fingerprint density at radius 1 is 1.35 bits per heavy atom. The highest BCUT2D eigenvalue weighted by Gasteiger charge is 2.12. The van der Waals surface area contributed by atoms with Gasteiger partial charge in [0.2, 0.25) is 0 Å². The van der Waals surface area contributed by atoms with Gasteiger partial charge in [0.05, 0.1) is 13.0 Å². The quantitative estimate of drug-likeness (QED) is 0.625. The molecule has 0 amide bonds. The molecule has 0 saturated heterocycles. The largest absolute Gasteiger partial charge is 0.466 e. The number of nitrogens with two attached hydrogens (primary N) is 1. The van der Waals surface area contributed by atoms with Gasteiger partial charge in [-0.2, -0.15) is 0 Å². The summed E-state index contributed by atoms with van der Waals surface area (Å²) in [5.74, 6) is 0.806. The molecule has 0 aliphatic rings. The lowest BCUT2D eigenvalue weighted by Gasteiger charge is -2.11. The molecule has 3 nitrogen and oxygen atoms in total. The Hall–Kier alpha value is -1.00. The molecule has 1 rings (SSSR count). The van der Waals surface area contributed by atoms with Crippen molar-refractivity contribution < 1.29 is 9.53 Å². The van der Waals surface area contributed by atoms with E-state index in [0.717, 1.165) is 11.3 Å². The lowest BCUT2D eigenvalue weighted by atomic mass is 10.1. The molecule has 0 spiro atoms. The Morgan fingerprint density at radius 2 is 2.00 bits per heavy atom. The predicted molar refractivity (Wildman–Crippen MR) is 71.0 cm³/mol. The molecule has 0 aliphatic carbocycles. The van der Waals surface area contributed by atoms with Gasteiger partial charge in [-0.1, -0.05) is 19.1 Å². The Morgan fingerprint density at radius 3 is 2.53 bits per heavy atom. The highest BCUT2D eigenvalue weighted by Crippen LogP contribution is 2.21. The third-order valence-electron chi connectivity index (χ3n) is 2.31. The molecule has 4 heteroatoms. The molecule has 17 heavy (non-hydrogen) atoms. The summed E-state index contributed by atoms with van der Waals surface area (Å²) in [6.07, 6.45) is 0.230. The normalized spacial score (nSPS) is 12.2. The Balaban J connectivity index is 2.56. The van der Waals surface area contributed by atoms with Gasteiger partial charge < -0.3 is 10.5 Å². The zero-order valence-electron chi connectivity index (χ0n) is 10.3. The average molecular weight is 253 g/mol. The summed E-state index contributed by atoms with van der Waals surface area (Å²) in [5.41, 5.74) is 6.91. The van der Waals surface area contributed by atoms with Crippen LogP contribution in [-0.2, 0) is 9.53 Å². The van der Waals surface area contributed by atoms with Crippen LogP contribution >= 0.6 is 11.8 Å². The molecular weight excluding hydrogens is 234 g/mol. The van der Waals surface area contributed by atoms with Gasteiger partial charge in [-0.05, 0) is 30.4 Å². The summed E-state index contributed by atoms with van der Waals surface area (Å²) in [5, 5.41) is 0. The van der Waals surface area contributed by atoms with Gasteiger partial charge in [-0.3, -0.25) is 4.79 Å². The van der Waals surface area contributed by atoms with E-state index in [1.54, 1.807) is 18.7 Å². The molecular formula is C13H19NO2S. The van der Waals surface area contributed by atoms with Gasteiger partial charge >= 0.3 is 5.97 Å². The molecule has 0 heterocycles. The van der Waals surface area contributed by atoms with Crippen LogP contribution in [0.3, 0.4) is 0 Å². The summed E-state index contributed by atoms with van der Waals surface area (Å²) in [7, 11) is 0. The van der Waals surface area contributed by atoms with Crippen LogP contribution in [0.2, 0.25) is 0 Å². The number of hydrogen-bond donors (Lipinski definition) is 1. The first-order chi connectivity index (χ1) is 8.17. The molecule has 94 valence electrons. The molecule has 1 aromatic rings. The first-order valence-electron chi connectivity index (χ1n) is 5.81. The highest BCUT2D eigenvalue weighted by atomic mass is 32.2. The Kier molecular flexibility index (Phi) is 6.08. The molecule has 0 fully saturated rings. The van der Waals surface area contributed by atoms with Crippen LogP contribution in [0.4, 0.5) is 0 Å². The van der Waals surface area contributed by atoms with E-state index in [1.165, 1.54) is 4.90 Å². The minimum absolute atomic E-state index is 0.230. The van der Waals surface area contributed by atoms with Crippen LogP contribution < -0.4 is 5.73 Å². The van der Waals surface area contributed by atoms with Crippen molar-refractivity contribution in [3.05, 3.63) is 29.8 Å². The Labute approximate surface area is 107 Å². The fourth-order valence-corrected chi connectivity index (χ4v) is 2.16. The number of esters is 1. The number of hydrogen-bond acceptors (Lipinski definition) is 4. The molecule has 0 unspecified atom stereocenters. The lowest BCUT2D eigenvalue weighted by molar-refractivity contribution is -0.143. The summed E-state index contributed by atoms with van der Waals surface area (Å²) in [4.78, 5) is 12.5. The monoisotopic (exact) mass is 253 g/mol. The molecule has 0 saturated carbocycles. The maximum absolute atomic E-state index is 11.3. The smallest absolute Gasteiger partial charge is 0.307 e. The minimum Gasteiger partial charge on any atom is -0.466 e. The van der Waals surface area contributed by atoms with E-state index in [0.29, 0.717) is 6.61 Å². The number of ether oxygens (including phenoxy) is 1. The van der Waals surface area contributed by atoms with Crippen LogP contribution in [-0.4, -0.2) is 18.3 Å². The molecule has 0 aromatic heterocycles. The summed E-state index contributed by atoms with van der Waals surface area (Å²) >= 11 is 1.79. The van der Waals surface area contributed by atoms with Crippen molar-refractivity contribution in [3.8, 4) is 0 Å². The topological polar surface area (TPSA) is 52.3 Å². The summed E-state index contributed by atoms with van der Waals surface area (Å²) in [6, 6.07) is 7.74. The van der Waals surface area contributed by atoms with Crippen LogP contribution in [0.5, 0.6) is 0 Å². The number of carbonyl (C=O) groups excluding carboxylic acids is 1. The molecule has 1 aromatic carbocycles. The van der Waals surface area contributed by atoms with Crippen molar-refractivity contribution >= 4 is 17.7 Å². The van der Waals surface area contributed by atoms with Gasteiger partial charge in [-0.15, -0.1) is 11.8 Å². The third kappa shape index (κ3) is 4.79. The van der Waals surface area contributed by atoms with Crippen molar-refractivity contribution in [2.45, 2.75) is 31.2 Å². The molecule has 0 aliphatic heterocycles. The highest BCUT2D eigenvalue weighted by molar-refractivity contribution is 7.99. The zero-order chi connectivity index (χ0) is 12.7. The maximum Gasteiger partial charge on any atom is 0.307 e. The van der Waals surface area contributed by atoms with E-state index in [-0.39, 0.29) is 18.4 Å². The van der Waals surface area contributed by atoms with Crippen molar-refractivity contribution in [2.24, 2.45) is 5.73 Å². The number of benzene rings is 1. The SMILES string of the molecule is CCOC(=O)C[C@H](N)c1ccc(SCC)cc1. The van der Waals surface area contributed by atoms with Gasteiger partial charge in [0.15, 0.2) is 0 Å². The van der Waals surface area contributed by atoms with Crippen LogP contribution in [0, 0.1) is 0 Å². The second kappa shape index (κ2) is 7.35. The van der Waals surface area contributed by atoms with Gasteiger partial charge in [0, 0.05) is 10.9 Å². The van der Waals surface area contributed by atoms with E-state index in [1.807, 2.05) is 24.3 Å². The van der Waals surface area contributed by atoms with Crippen molar-refractivity contribution in [1.82, 2.24) is 0 Å². The first-order valence-corrected chi connectivity index (χ1v) is 6.79. The number of thioether (sulfide) groups is 1. The van der Waals surface area contributed by atoms with E-state index >= 15 is 0 Å². The minimum atomic E-state index is -0.283. The first kappa shape index (κ1) is 14.1. The number of carbonyl (C=O) groups is 1. The maximum atomic E-state index is 11.3. The average Bonchev–Trinajstić information content (AvgIpc) is 2.30. The van der Waals surface area contributed by atoms with Gasteiger partial charge in [0.1, 0.15) is 0 Å². The molecule has 1 atom stereocenters.